The number of sulfonamides is 1. The minimum Gasteiger partial charge on any atom is -0.341 e. The smallest absolute Gasteiger partial charge is 0.243 e. The third kappa shape index (κ3) is 3.49. The molecule has 2 fully saturated rings. The Kier molecular flexibility index (Phi) is 5.25. The molecule has 2 aliphatic heterocycles. The first-order valence-corrected chi connectivity index (χ1v) is 10.3. The zero-order valence-corrected chi connectivity index (χ0v) is 15.1. The van der Waals surface area contributed by atoms with Crippen molar-refractivity contribution in [2.45, 2.75) is 56.4 Å². The Bertz CT molecular complexity index is 679. The molecule has 6 heteroatoms. The van der Waals surface area contributed by atoms with Crippen LogP contribution in [0.3, 0.4) is 0 Å². The number of piperidine rings is 2. The lowest BCUT2D eigenvalue weighted by molar-refractivity contribution is -0.137. The van der Waals surface area contributed by atoms with E-state index >= 15 is 0 Å². The zero-order valence-electron chi connectivity index (χ0n) is 14.3. The van der Waals surface area contributed by atoms with Gasteiger partial charge in [-0.2, -0.15) is 4.31 Å². The zero-order chi connectivity index (χ0) is 17.2. The fraction of sp³-hybridized carbons (Fsp3) is 0.611. The molecule has 0 aliphatic carbocycles. The predicted octanol–water partition coefficient (Wildman–Crippen LogP) is 2.55. The molecule has 1 atom stereocenters. The summed E-state index contributed by atoms with van der Waals surface area (Å²) in [6.07, 6.45) is 5.53. The second-order valence-corrected chi connectivity index (χ2v) is 8.72. The minimum absolute atomic E-state index is 0.00918. The monoisotopic (exact) mass is 350 g/mol. The maximum atomic E-state index is 13.1. The third-order valence-electron chi connectivity index (χ3n) is 5.03. The normalized spacial score (nSPS) is 23.2. The first-order valence-electron chi connectivity index (χ1n) is 8.87. The maximum absolute atomic E-state index is 13.1. The van der Waals surface area contributed by atoms with Gasteiger partial charge in [0.2, 0.25) is 15.9 Å². The standard InChI is InChI=1S/C18H26N2O3S/c1-15-8-10-16(11-9-15)24(22,23)20-14-6-3-7-17(20)18(21)19-12-4-2-5-13-19/h8-11,17H,2-7,12-14H2,1H3. The number of carbonyl (C=O) groups is 1. The van der Waals surface area contributed by atoms with Crippen molar-refractivity contribution < 1.29 is 13.2 Å². The average molecular weight is 350 g/mol. The molecule has 2 saturated heterocycles. The highest BCUT2D eigenvalue weighted by atomic mass is 32.2. The third-order valence-corrected chi connectivity index (χ3v) is 6.96. The number of nitrogens with zero attached hydrogens (tertiary/aromatic N) is 2. The van der Waals surface area contributed by atoms with Gasteiger partial charge in [0.15, 0.2) is 0 Å². The Morgan fingerprint density at radius 2 is 1.58 bits per heavy atom. The second-order valence-electron chi connectivity index (χ2n) is 6.83. The van der Waals surface area contributed by atoms with Crippen LogP contribution in [0.25, 0.3) is 0 Å². The van der Waals surface area contributed by atoms with Crippen molar-refractivity contribution in [2.75, 3.05) is 19.6 Å². The van der Waals surface area contributed by atoms with Gasteiger partial charge < -0.3 is 4.90 Å². The summed E-state index contributed by atoms with van der Waals surface area (Å²) < 4.78 is 27.5. The molecule has 0 radical (unpaired) electrons. The van der Waals surface area contributed by atoms with E-state index in [-0.39, 0.29) is 10.8 Å². The molecule has 132 valence electrons. The minimum atomic E-state index is -3.63. The molecule has 0 aromatic heterocycles. The first kappa shape index (κ1) is 17.4. The SMILES string of the molecule is Cc1ccc(S(=O)(=O)N2CCCCC2C(=O)N2CCCCC2)cc1. The molecular weight excluding hydrogens is 324 g/mol. The Morgan fingerprint density at radius 3 is 2.25 bits per heavy atom. The van der Waals surface area contributed by atoms with Crippen LogP contribution in [0, 0.1) is 6.92 Å². The van der Waals surface area contributed by atoms with Gasteiger partial charge in [-0.05, 0) is 51.2 Å². The molecule has 1 aromatic rings. The quantitative estimate of drug-likeness (QED) is 0.842. The first-order chi connectivity index (χ1) is 11.5. The number of rotatable bonds is 3. The van der Waals surface area contributed by atoms with Crippen LogP contribution in [-0.4, -0.2) is 49.2 Å². The fourth-order valence-corrected chi connectivity index (χ4v) is 5.26. The molecule has 3 rings (SSSR count). The topological polar surface area (TPSA) is 57.7 Å². The lowest BCUT2D eigenvalue weighted by atomic mass is 10.0. The number of hydrogen-bond acceptors (Lipinski definition) is 3. The molecule has 2 heterocycles. The van der Waals surface area contributed by atoms with Crippen LogP contribution in [-0.2, 0) is 14.8 Å². The van der Waals surface area contributed by atoms with Gasteiger partial charge in [-0.1, -0.05) is 24.1 Å². The molecule has 5 nitrogen and oxygen atoms in total. The van der Waals surface area contributed by atoms with Crippen molar-refractivity contribution in [2.24, 2.45) is 0 Å². The Hall–Kier alpha value is -1.40. The van der Waals surface area contributed by atoms with E-state index in [1.807, 2.05) is 11.8 Å². The molecule has 0 bridgehead atoms. The Labute approximate surface area is 144 Å². The molecule has 1 unspecified atom stereocenters. The van der Waals surface area contributed by atoms with Crippen molar-refractivity contribution in [3.8, 4) is 0 Å². The highest BCUT2D eigenvalue weighted by Gasteiger charge is 2.39. The second kappa shape index (κ2) is 7.23. The summed E-state index contributed by atoms with van der Waals surface area (Å²) in [7, 11) is -3.63. The molecule has 0 N–H and O–H groups in total. The van der Waals surface area contributed by atoms with Crippen molar-refractivity contribution in [1.29, 1.82) is 0 Å². The van der Waals surface area contributed by atoms with Crippen LogP contribution < -0.4 is 0 Å². The van der Waals surface area contributed by atoms with Gasteiger partial charge in [0.05, 0.1) is 4.90 Å². The van der Waals surface area contributed by atoms with Gasteiger partial charge in [0.1, 0.15) is 6.04 Å². The van der Waals surface area contributed by atoms with E-state index in [9.17, 15) is 13.2 Å². The summed E-state index contributed by atoms with van der Waals surface area (Å²) in [6.45, 7) is 3.88. The lowest BCUT2D eigenvalue weighted by Gasteiger charge is -2.38. The lowest BCUT2D eigenvalue weighted by Crippen LogP contribution is -2.53. The van der Waals surface area contributed by atoms with E-state index in [0.29, 0.717) is 13.0 Å². The summed E-state index contributed by atoms with van der Waals surface area (Å²) in [5.41, 5.74) is 1.02. The van der Waals surface area contributed by atoms with Crippen molar-refractivity contribution >= 4 is 15.9 Å². The van der Waals surface area contributed by atoms with E-state index in [2.05, 4.69) is 0 Å². The summed E-state index contributed by atoms with van der Waals surface area (Å²) >= 11 is 0. The summed E-state index contributed by atoms with van der Waals surface area (Å²) in [4.78, 5) is 15.1. The van der Waals surface area contributed by atoms with Crippen LogP contribution in [0.1, 0.15) is 44.1 Å². The van der Waals surface area contributed by atoms with Crippen molar-refractivity contribution in [3.05, 3.63) is 29.8 Å². The van der Waals surface area contributed by atoms with E-state index in [4.69, 9.17) is 0 Å². The maximum Gasteiger partial charge on any atom is 0.243 e. The van der Waals surface area contributed by atoms with Gasteiger partial charge >= 0.3 is 0 Å². The Morgan fingerprint density at radius 1 is 0.958 bits per heavy atom. The number of hydrogen-bond donors (Lipinski definition) is 0. The van der Waals surface area contributed by atoms with Crippen LogP contribution in [0.15, 0.2) is 29.2 Å². The molecular formula is C18H26N2O3S. The summed E-state index contributed by atoms with van der Waals surface area (Å²) in [6, 6.07) is 6.35. The predicted molar refractivity (Wildman–Crippen MR) is 93.1 cm³/mol. The van der Waals surface area contributed by atoms with Gasteiger partial charge in [-0.3, -0.25) is 4.79 Å². The molecule has 1 amide bonds. The molecule has 24 heavy (non-hydrogen) atoms. The van der Waals surface area contributed by atoms with E-state index in [1.165, 1.54) is 4.31 Å². The number of benzene rings is 1. The van der Waals surface area contributed by atoms with E-state index in [0.717, 1.165) is 50.8 Å². The number of carbonyl (C=O) groups excluding carboxylic acids is 1. The van der Waals surface area contributed by atoms with Crippen molar-refractivity contribution in [1.82, 2.24) is 9.21 Å². The summed E-state index contributed by atoms with van der Waals surface area (Å²) in [5, 5.41) is 0. The fourth-order valence-electron chi connectivity index (χ4n) is 3.61. The highest BCUT2D eigenvalue weighted by molar-refractivity contribution is 7.89. The molecule has 1 aromatic carbocycles. The highest BCUT2D eigenvalue weighted by Crippen LogP contribution is 2.27. The number of amides is 1. The van der Waals surface area contributed by atoms with Gasteiger partial charge in [0, 0.05) is 19.6 Å². The molecule has 0 spiro atoms. The Balaban J connectivity index is 1.85. The van der Waals surface area contributed by atoms with Crippen molar-refractivity contribution in [3.63, 3.8) is 0 Å². The number of likely N-dealkylation sites (tertiary alicyclic amines) is 1. The van der Waals surface area contributed by atoms with Gasteiger partial charge in [-0.25, -0.2) is 8.42 Å². The van der Waals surface area contributed by atoms with E-state index in [1.54, 1.807) is 24.3 Å². The van der Waals surface area contributed by atoms with Gasteiger partial charge in [0.25, 0.3) is 0 Å². The average Bonchev–Trinajstić information content (AvgIpc) is 2.62. The van der Waals surface area contributed by atoms with E-state index < -0.39 is 16.1 Å². The van der Waals surface area contributed by atoms with Crippen LogP contribution in [0.2, 0.25) is 0 Å². The number of aryl methyl sites for hydroxylation is 1. The molecule has 0 saturated carbocycles. The van der Waals surface area contributed by atoms with Crippen LogP contribution in [0.4, 0.5) is 0 Å². The summed E-state index contributed by atoms with van der Waals surface area (Å²) in [5.74, 6) is -0.00918. The van der Waals surface area contributed by atoms with Crippen LogP contribution in [0.5, 0.6) is 0 Å². The largest absolute Gasteiger partial charge is 0.341 e. The van der Waals surface area contributed by atoms with Gasteiger partial charge in [-0.15, -0.1) is 0 Å². The molecule has 2 aliphatic rings. The van der Waals surface area contributed by atoms with Crippen LogP contribution >= 0.6 is 0 Å².